The molecule has 0 spiro atoms. The van der Waals surface area contributed by atoms with E-state index in [0.717, 1.165) is 23.1 Å². The lowest BCUT2D eigenvalue weighted by atomic mass is 9.90. The third-order valence-corrected chi connectivity index (χ3v) is 4.88. The van der Waals surface area contributed by atoms with E-state index in [-0.39, 0.29) is 17.7 Å². The van der Waals surface area contributed by atoms with E-state index in [4.69, 9.17) is 5.73 Å². The van der Waals surface area contributed by atoms with Gasteiger partial charge in [0.2, 0.25) is 5.91 Å². The first-order chi connectivity index (χ1) is 14.7. The Kier molecular flexibility index (Phi) is 7.75. The summed E-state index contributed by atoms with van der Waals surface area (Å²) in [5.74, 6) is -0.553. The molecule has 0 heterocycles. The van der Waals surface area contributed by atoms with E-state index in [2.05, 4.69) is 10.6 Å². The fourth-order valence-electron chi connectivity index (χ4n) is 3.26. The Morgan fingerprint density at radius 2 is 1.33 bits per heavy atom. The standard InChI is InChI=1S/C25H27N3O2/c26-16-7-17-27-24(29)22-14-12-19(13-15-22)18-28-25(30)23(20-8-3-1-4-9-20)21-10-5-2-6-11-21/h1-6,8-15,23H,7,16-18,26H2,(H,27,29)(H,28,30). The Balaban J connectivity index is 1.65. The molecule has 0 fully saturated rings. The van der Waals surface area contributed by atoms with Gasteiger partial charge in [0.15, 0.2) is 0 Å². The number of carbonyl (C=O) groups excluding carboxylic acids is 2. The SMILES string of the molecule is NCCCNC(=O)c1ccc(CNC(=O)C(c2ccccc2)c2ccccc2)cc1. The van der Waals surface area contributed by atoms with Crippen LogP contribution in [0, 0.1) is 0 Å². The Morgan fingerprint density at radius 3 is 1.87 bits per heavy atom. The van der Waals surface area contributed by atoms with Gasteiger partial charge in [0.1, 0.15) is 0 Å². The predicted molar refractivity (Wildman–Crippen MR) is 119 cm³/mol. The van der Waals surface area contributed by atoms with Crippen molar-refractivity contribution in [3.63, 3.8) is 0 Å². The van der Waals surface area contributed by atoms with Crippen molar-refractivity contribution in [2.45, 2.75) is 18.9 Å². The Morgan fingerprint density at radius 1 is 0.767 bits per heavy atom. The van der Waals surface area contributed by atoms with Crippen molar-refractivity contribution in [2.75, 3.05) is 13.1 Å². The van der Waals surface area contributed by atoms with E-state index in [1.807, 2.05) is 72.8 Å². The van der Waals surface area contributed by atoms with Crippen molar-refractivity contribution in [1.29, 1.82) is 0 Å². The number of nitrogens with two attached hydrogens (primary N) is 1. The average Bonchev–Trinajstić information content (AvgIpc) is 2.80. The minimum absolute atomic E-state index is 0.0593. The summed E-state index contributed by atoms with van der Waals surface area (Å²) < 4.78 is 0. The third-order valence-electron chi connectivity index (χ3n) is 4.88. The molecule has 3 rings (SSSR count). The highest BCUT2D eigenvalue weighted by molar-refractivity contribution is 5.94. The molecule has 0 bridgehead atoms. The molecule has 0 unspecified atom stereocenters. The smallest absolute Gasteiger partial charge is 0.251 e. The van der Waals surface area contributed by atoms with Gasteiger partial charge in [0.25, 0.3) is 5.91 Å². The molecule has 0 radical (unpaired) electrons. The van der Waals surface area contributed by atoms with Crippen LogP contribution in [0.3, 0.4) is 0 Å². The number of benzene rings is 3. The summed E-state index contributed by atoms with van der Waals surface area (Å²) in [6.07, 6.45) is 0.750. The first-order valence-electron chi connectivity index (χ1n) is 10.1. The number of carbonyl (C=O) groups is 2. The number of hydrogen-bond donors (Lipinski definition) is 3. The quantitative estimate of drug-likeness (QED) is 0.482. The van der Waals surface area contributed by atoms with E-state index < -0.39 is 0 Å². The summed E-state index contributed by atoms with van der Waals surface area (Å²) in [5, 5.41) is 5.87. The summed E-state index contributed by atoms with van der Waals surface area (Å²) >= 11 is 0. The Hall–Kier alpha value is -3.44. The number of hydrogen-bond acceptors (Lipinski definition) is 3. The molecule has 2 amide bonds. The summed E-state index contributed by atoms with van der Waals surface area (Å²) in [5.41, 5.74) is 8.86. The molecular weight excluding hydrogens is 374 g/mol. The second-order valence-corrected chi connectivity index (χ2v) is 7.07. The first kappa shape index (κ1) is 21.3. The monoisotopic (exact) mass is 401 g/mol. The molecule has 0 saturated carbocycles. The van der Waals surface area contributed by atoms with E-state index in [1.165, 1.54) is 0 Å². The van der Waals surface area contributed by atoms with Gasteiger partial charge in [0.05, 0.1) is 5.92 Å². The summed E-state index contributed by atoms with van der Waals surface area (Å²) in [6, 6.07) is 26.8. The zero-order valence-corrected chi connectivity index (χ0v) is 16.9. The second-order valence-electron chi connectivity index (χ2n) is 7.07. The van der Waals surface area contributed by atoms with Crippen molar-refractivity contribution in [1.82, 2.24) is 10.6 Å². The number of amides is 2. The topological polar surface area (TPSA) is 84.2 Å². The van der Waals surface area contributed by atoms with Gasteiger partial charge >= 0.3 is 0 Å². The fraction of sp³-hybridized carbons (Fsp3) is 0.200. The third kappa shape index (κ3) is 5.78. The maximum absolute atomic E-state index is 13.1. The van der Waals surface area contributed by atoms with Crippen LogP contribution >= 0.6 is 0 Å². The first-order valence-corrected chi connectivity index (χ1v) is 10.1. The molecule has 3 aromatic carbocycles. The highest BCUT2D eigenvalue weighted by atomic mass is 16.2. The van der Waals surface area contributed by atoms with Crippen LogP contribution in [0.1, 0.15) is 39.4 Å². The molecule has 3 aromatic rings. The summed E-state index contributed by atoms with van der Waals surface area (Å²) in [6.45, 7) is 1.50. The fourth-order valence-corrected chi connectivity index (χ4v) is 3.26. The van der Waals surface area contributed by atoms with E-state index in [9.17, 15) is 9.59 Å². The van der Waals surface area contributed by atoms with Crippen molar-refractivity contribution in [3.05, 3.63) is 107 Å². The van der Waals surface area contributed by atoms with Crippen molar-refractivity contribution < 1.29 is 9.59 Å². The zero-order valence-electron chi connectivity index (χ0n) is 16.9. The molecule has 5 heteroatoms. The van der Waals surface area contributed by atoms with Crippen molar-refractivity contribution in [3.8, 4) is 0 Å². The van der Waals surface area contributed by atoms with Gasteiger partial charge in [-0.05, 0) is 41.8 Å². The van der Waals surface area contributed by atoms with Gasteiger partial charge in [-0.2, -0.15) is 0 Å². The molecule has 154 valence electrons. The summed E-state index contributed by atoms with van der Waals surface area (Å²) in [7, 11) is 0. The van der Waals surface area contributed by atoms with Gasteiger partial charge in [-0.25, -0.2) is 0 Å². The maximum Gasteiger partial charge on any atom is 0.251 e. The average molecular weight is 402 g/mol. The van der Waals surface area contributed by atoms with E-state index in [0.29, 0.717) is 25.2 Å². The van der Waals surface area contributed by atoms with Gasteiger partial charge in [-0.15, -0.1) is 0 Å². The van der Waals surface area contributed by atoms with E-state index >= 15 is 0 Å². The molecular formula is C25H27N3O2. The van der Waals surface area contributed by atoms with Crippen LogP contribution in [0.2, 0.25) is 0 Å². The van der Waals surface area contributed by atoms with Crippen LogP contribution in [0.15, 0.2) is 84.9 Å². The van der Waals surface area contributed by atoms with Crippen LogP contribution in [-0.2, 0) is 11.3 Å². The minimum Gasteiger partial charge on any atom is -0.352 e. The highest BCUT2D eigenvalue weighted by Crippen LogP contribution is 2.24. The Bertz CT molecular complexity index is 902. The van der Waals surface area contributed by atoms with Crippen LogP contribution < -0.4 is 16.4 Å². The lowest BCUT2D eigenvalue weighted by Gasteiger charge is -2.18. The number of nitrogens with one attached hydrogen (secondary N) is 2. The highest BCUT2D eigenvalue weighted by Gasteiger charge is 2.22. The minimum atomic E-state index is -0.375. The molecule has 0 atom stereocenters. The van der Waals surface area contributed by atoms with Crippen molar-refractivity contribution in [2.24, 2.45) is 5.73 Å². The largest absolute Gasteiger partial charge is 0.352 e. The second kappa shape index (κ2) is 10.9. The van der Waals surface area contributed by atoms with E-state index in [1.54, 1.807) is 12.1 Å². The normalized spacial score (nSPS) is 10.6. The Labute approximate surface area is 177 Å². The molecule has 5 nitrogen and oxygen atoms in total. The van der Waals surface area contributed by atoms with Gasteiger partial charge in [-0.1, -0.05) is 72.8 Å². The molecule has 4 N–H and O–H groups in total. The molecule has 0 aliphatic rings. The summed E-state index contributed by atoms with van der Waals surface area (Å²) in [4.78, 5) is 25.1. The molecule has 30 heavy (non-hydrogen) atoms. The van der Waals surface area contributed by atoms with Crippen LogP contribution in [0.5, 0.6) is 0 Å². The predicted octanol–water partition coefficient (Wildman–Crippen LogP) is 3.21. The lowest BCUT2D eigenvalue weighted by molar-refractivity contribution is -0.121. The van der Waals surface area contributed by atoms with Crippen LogP contribution in [0.25, 0.3) is 0 Å². The van der Waals surface area contributed by atoms with Crippen LogP contribution in [-0.4, -0.2) is 24.9 Å². The van der Waals surface area contributed by atoms with Gasteiger partial charge < -0.3 is 16.4 Å². The van der Waals surface area contributed by atoms with Crippen LogP contribution in [0.4, 0.5) is 0 Å². The molecule has 0 saturated heterocycles. The van der Waals surface area contributed by atoms with Gasteiger partial charge in [0, 0.05) is 18.7 Å². The molecule has 0 aliphatic carbocycles. The molecule has 0 aromatic heterocycles. The van der Waals surface area contributed by atoms with Gasteiger partial charge in [-0.3, -0.25) is 9.59 Å². The maximum atomic E-state index is 13.1. The zero-order chi connectivity index (χ0) is 21.2. The van der Waals surface area contributed by atoms with Crippen molar-refractivity contribution >= 4 is 11.8 Å². The number of rotatable bonds is 9. The lowest BCUT2D eigenvalue weighted by Crippen LogP contribution is -2.29. The molecule has 0 aliphatic heterocycles.